The average Bonchev–Trinajstić information content (AvgIpc) is 2.79. The number of halogens is 3. The van der Waals surface area contributed by atoms with Crippen LogP contribution in [0.3, 0.4) is 0 Å². The van der Waals surface area contributed by atoms with Crippen LogP contribution in [0.5, 0.6) is 11.5 Å². The van der Waals surface area contributed by atoms with E-state index in [9.17, 15) is 22.8 Å². The molecule has 172 valence electrons. The number of ether oxygens (including phenoxy) is 2. The summed E-state index contributed by atoms with van der Waals surface area (Å²) in [5, 5.41) is 5.08. The molecule has 0 aliphatic carbocycles. The second kappa shape index (κ2) is 10.1. The number of amides is 2. The van der Waals surface area contributed by atoms with E-state index >= 15 is 0 Å². The zero-order valence-corrected chi connectivity index (χ0v) is 17.8. The van der Waals surface area contributed by atoms with Gasteiger partial charge in [0, 0.05) is 16.9 Å². The van der Waals surface area contributed by atoms with E-state index in [2.05, 4.69) is 10.6 Å². The molecular weight excluding hydrogens is 437 g/mol. The van der Waals surface area contributed by atoms with Crippen molar-refractivity contribution in [3.8, 4) is 11.5 Å². The first-order chi connectivity index (χ1) is 15.7. The smallest absolute Gasteiger partial charge is 0.416 e. The Morgan fingerprint density at radius 3 is 2.09 bits per heavy atom. The minimum Gasteiger partial charge on any atom is -0.497 e. The van der Waals surface area contributed by atoms with Crippen LogP contribution in [0.2, 0.25) is 0 Å². The van der Waals surface area contributed by atoms with Gasteiger partial charge in [-0.15, -0.1) is 0 Å². The van der Waals surface area contributed by atoms with E-state index in [0.29, 0.717) is 17.2 Å². The van der Waals surface area contributed by atoms with E-state index in [1.165, 1.54) is 24.3 Å². The lowest BCUT2D eigenvalue weighted by atomic mass is 10.1. The number of hydrogen-bond acceptors (Lipinski definition) is 4. The van der Waals surface area contributed by atoms with E-state index in [-0.39, 0.29) is 11.3 Å². The van der Waals surface area contributed by atoms with Gasteiger partial charge in [0.1, 0.15) is 11.5 Å². The molecular formula is C24H21F3N2O4. The lowest BCUT2D eigenvalue weighted by Crippen LogP contribution is -2.30. The maximum absolute atomic E-state index is 12.9. The third kappa shape index (κ3) is 6.49. The van der Waals surface area contributed by atoms with Crippen LogP contribution in [0.1, 0.15) is 22.8 Å². The van der Waals surface area contributed by atoms with Gasteiger partial charge < -0.3 is 20.1 Å². The summed E-state index contributed by atoms with van der Waals surface area (Å²) in [6.07, 6.45) is -5.35. The summed E-state index contributed by atoms with van der Waals surface area (Å²) in [6.45, 7) is 1.57. The largest absolute Gasteiger partial charge is 0.497 e. The van der Waals surface area contributed by atoms with Gasteiger partial charge in [0.15, 0.2) is 6.10 Å². The molecule has 3 rings (SSSR count). The molecule has 0 bridgehead atoms. The average molecular weight is 458 g/mol. The van der Waals surface area contributed by atoms with Gasteiger partial charge in [-0.1, -0.05) is 12.1 Å². The van der Waals surface area contributed by atoms with Crippen LogP contribution in [-0.2, 0) is 11.0 Å². The maximum atomic E-state index is 12.9. The Balaban J connectivity index is 1.63. The first kappa shape index (κ1) is 23.6. The van der Waals surface area contributed by atoms with Crippen LogP contribution in [-0.4, -0.2) is 25.0 Å². The Kier molecular flexibility index (Phi) is 7.22. The first-order valence-corrected chi connectivity index (χ1v) is 9.86. The summed E-state index contributed by atoms with van der Waals surface area (Å²) < 4.78 is 49.3. The van der Waals surface area contributed by atoms with Crippen LogP contribution in [0, 0.1) is 0 Å². The van der Waals surface area contributed by atoms with Crippen molar-refractivity contribution in [1.82, 2.24) is 0 Å². The Morgan fingerprint density at radius 2 is 1.45 bits per heavy atom. The van der Waals surface area contributed by atoms with E-state index in [1.54, 1.807) is 50.4 Å². The third-order valence-electron chi connectivity index (χ3n) is 4.58. The summed E-state index contributed by atoms with van der Waals surface area (Å²) in [4.78, 5) is 25.0. The highest BCUT2D eigenvalue weighted by atomic mass is 19.4. The Morgan fingerprint density at radius 1 is 0.848 bits per heavy atom. The van der Waals surface area contributed by atoms with Crippen molar-refractivity contribution in [2.24, 2.45) is 0 Å². The molecule has 0 heterocycles. The number of carbonyl (C=O) groups excluding carboxylic acids is 2. The van der Waals surface area contributed by atoms with Crippen LogP contribution in [0.4, 0.5) is 24.5 Å². The number of alkyl halides is 3. The minimum atomic E-state index is -4.52. The van der Waals surface area contributed by atoms with Gasteiger partial charge in [-0.25, -0.2) is 0 Å². The molecule has 3 aromatic rings. The highest BCUT2D eigenvalue weighted by Crippen LogP contribution is 2.30. The van der Waals surface area contributed by atoms with Gasteiger partial charge in [0.05, 0.1) is 12.7 Å². The number of benzene rings is 3. The molecule has 0 aliphatic heterocycles. The molecule has 0 saturated heterocycles. The number of carbonyl (C=O) groups is 2. The standard InChI is InChI=1S/C24H21F3N2O4/c1-15(33-21-11-9-20(32-2)10-12-21)22(30)28-18-7-3-5-16(13-18)23(31)29-19-8-4-6-17(14-19)24(25,26)27/h3-15H,1-2H3,(H,28,30)(H,29,31). The predicted molar refractivity (Wildman–Crippen MR) is 118 cm³/mol. The van der Waals surface area contributed by atoms with Crippen LogP contribution in [0.25, 0.3) is 0 Å². The summed E-state index contributed by atoms with van der Waals surface area (Å²) in [6, 6.07) is 17.1. The fourth-order valence-electron chi connectivity index (χ4n) is 2.87. The zero-order chi connectivity index (χ0) is 24.0. The SMILES string of the molecule is COc1ccc(OC(C)C(=O)Nc2cccc(C(=O)Nc3cccc(C(F)(F)F)c3)c2)cc1. The summed E-state index contributed by atoms with van der Waals surface area (Å²) in [7, 11) is 1.54. The summed E-state index contributed by atoms with van der Waals surface area (Å²) in [5.74, 6) is 0.0709. The molecule has 0 aliphatic rings. The Bertz CT molecular complexity index is 1130. The minimum absolute atomic E-state index is 0.00535. The van der Waals surface area contributed by atoms with Crippen molar-refractivity contribution < 1.29 is 32.2 Å². The normalized spacial score (nSPS) is 11.9. The molecule has 2 N–H and O–H groups in total. The van der Waals surface area contributed by atoms with Gasteiger partial charge in [-0.3, -0.25) is 9.59 Å². The quantitative estimate of drug-likeness (QED) is 0.499. The Hall–Kier alpha value is -4.01. The molecule has 9 heteroatoms. The molecule has 2 amide bonds. The van der Waals surface area contributed by atoms with Crippen LogP contribution in [0.15, 0.2) is 72.8 Å². The molecule has 0 fully saturated rings. The van der Waals surface area contributed by atoms with E-state index in [0.717, 1.165) is 12.1 Å². The number of anilines is 2. The fraction of sp³-hybridized carbons (Fsp3) is 0.167. The fourth-order valence-corrected chi connectivity index (χ4v) is 2.87. The van der Waals surface area contributed by atoms with Gasteiger partial charge >= 0.3 is 6.18 Å². The topological polar surface area (TPSA) is 76.7 Å². The van der Waals surface area contributed by atoms with Crippen molar-refractivity contribution in [2.75, 3.05) is 17.7 Å². The monoisotopic (exact) mass is 458 g/mol. The van der Waals surface area contributed by atoms with E-state index in [1.807, 2.05) is 0 Å². The van der Waals surface area contributed by atoms with Crippen molar-refractivity contribution in [3.05, 3.63) is 83.9 Å². The highest BCUT2D eigenvalue weighted by molar-refractivity contribution is 6.05. The predicted octanol–water partition coefficient (Wildman–Crippen LogP) is 5.37. The lowest BCUT2D eigenvalue weighted by Gasteiger charge is -2.15. The molecule has 3 aromatic carbocycles. The molecule has 1 atom stereocenters. The molecule has 1 unspecified atom stereocenters. The van der Waals surface area contributed by atoms with Crippen molar-refractivity contribution in [2.45, 2.75) is 19.2 Å². The van der Waals surface area contributed by atoms with Crippen molar-refractivity contribution in [3.63, 3.8) is 0 Å². The highest BCUT2D eigenvalue weighted by Gasteiger charge is 2.30. The van der Waals surface area contributed by atoms with Crippen LogP contribution < -0.4 is 20.1 Å². The molecule has 6 nitrogen and oxygen atoms in total. The van der Waals surface area contributed by atoms with E-state index in [4.69, 9.17) is 9.47 Å². The number of methoxy groups -OCH3 is 1. The maximum Gasteiger partial charge on any atom is 0.416 e. The molecule has 33 heavy (non-hydrogen) atoms. The van der Waals surface area contributed by atoms with Gasteiger partial charge in [0.2, 0.25) is 0 Å². The first-order valence-electron chi connectivity index (χ1n) is 9.86. The van der Waals surface area contributed by atoms with E-state index < -0.39 is 29.7 Å². The lowest BCUT2D eigenvalue weighted by molar-refractivity contribution is -0.137. The van der Waals surface area contributed by atoms with Crippen molar-refractivity contribution >= 4 is 23.2 Å². The second-order valence-electron chi connectivity index (χ2n) is 7.04. The van der Waals surface area contributed by atoms with Crippen molar-refractivity contribution in [1.29, 1.82) is 0 Å². The number of nitrogens with one attached hydrogen (secondary N) is 2. The van der Waals surface area contributed by atoms with Gasteiger partial charge in [-0.2, -0.15) is 13.2 Å². The van der Waals surface area contributed by atoms with Crippen LogP contribution >= 0.6 is 0 Å². The number of hydrogen-bond donors (Lipinski definition) is 2. The molecule has 0 radical (unpaired) electrons. The number of rotatable bonds is 7. The third-order valence-corrected chi connectivity index (χ3v) is 4.58. The Labute approximate surface area is 188 Å². The second-order valence-corrected chi connectivity index (χ2v) is 7.04. The molecule has 0 aromatic heterocycles. The van der Waals surface area contributed by atoms with Gasteiger partial charge in [-0.05, 0) is 67.6 Å². The zero-order valence-electron chi connectivity index (χ0n) is 17.8. The summed E-state index contributed by atoms with van der Waals surface area (Å²) in [5.41, 5.74) is -0.367. The van der Waals surface area contributed by atoms with Gasteiger partial charge in [0.25, 0.3) is 11.8 Å². The molecule has 0 saturated carbocycles. The molecule has 0 spiro atoms. The summed E-state index contributed by atoms with van der Waals surface area (Å²) >= 11 is 0.